The van der Waals surface area contributed by atoms with E-state index >= 15 is 0 Å². The van der Waals surface area contributed by atoms with E-state index in [2.05, 4.69) is 0 Å². The lowest BCUT2D eigenvalue weighted by molar-refractivity contribution is 0.457. The summed E-state index contributed by atoms with van der Waals surface area (Å²) in [6.07, 6.45) is 0.777. The fourth-order valence-corrected chi connectivity index (χ4v) is 3.62. The molecule has 12 heavy (non-hydrogen) atoms. The molecule has 3 N–H and O–H groups in total. The van der Waals surface area contributed by atoms with Crippen molar-refractivity contribution in [3.63, 3.8) is 0 Å². The highest BCUT2D eigenvalue weighted by Crippen LogP contribution is 2.43. The Labute approximate surface area is 74.8 Å². The molecule has 4 heteroatoms. The largest absolute Gasteiger partial charge is 0.344 e. The molecule has 0 aromatic carbocycles. The van der Waals surface area contributed by atoms with Crippen molar-refractivity contribution >= 4 is 7.37 Å². The average Bonchev–Trinajstić information content (AvgIpc) is 1.83. The summed E-state index contributed by atoms with van der Waals surface area (Å²) >= 11 is 0. The second-order valence-electron chi connectivity index (χ2n) is 3.95. The zero-order valence-electron chi connectivity index (χ0n) is 8.16. The molecule has 3 nitrogen and oxygen atoms in total. The number of hydrogen-bond acceptors (Lipinski definition) is 2. The minimum absolute atomic E-state index is 0.152. The molecule has 0 aliphatic heterocycles. The number of rotatable bonds is 5. The van der Waals surface area contributed by atoms with Crippen molar-refractivity contribution in [3.05, 3.63) is 0 Å². The maximum absolute atomic E-state index is 11.5. The molecule has 0 aromatic rings. The van der Waals surface area contributed by atoms with E-state index in [1.807, 2.05) is 20.8 Å². The van der Waals surface area contributed by atoms with Crippen molar-refractivity contribution in [1.82, 2.24) is 0 Å². The lowest BCUT2D eigenvalue weighted by Crippen LogP contribution is -2.16. The highest BCUT2D eigenvalue weighted by molar-refractivity contribution is 7.58. The molecule has 0 fully saturated rings. The van der Waals surface area contributed by atoms with Gasteiger partial charge in [0, 0.05) is 12.3 Å². The SMILES string of the molecule is CC(C)CP(=O)(O)CC(C)CN. The van der Waals surface area contributed by atoms with E-state index in [4.69, 9.17) is 5.73 Å². The lowest BCUT2D eigenvalue weighted by Gasteiger charge is -2.16. The van der Waals surface area contributed by atoms with Crippen LogP contribution in [0.1, 0.15) is 20.8 Å². The topological polar surface area (TPSA) is 63.3 Å². The third kappa shape index (κ3) is 5.76. The average molecular weight is 193 g/mol. The van der Waals surface area contributed by atoms with Crippen LogP contribution in [0.2, 0.25) is 0 Å². The normalized spacial score (nSPS) is 19.2. The van der Waals surface area contributed by atoms with Gasteiger partial charge in [-0.15, -0.1) is 0 Å². The highest BCUT2D eigenvalue weighted by Gasteiger charge is 2.21. The first-order chi connectivity index (χ1) is 5.37. The van der Waals surface area contributed by atoms with Crippen molar-refractivity contribution in [2.24, 2.45) is 17.6 Å². The summed E-state index contributed by atoms with van der Waals surface area (Å²) in [5.74, 6) is 0.436. The maximum Gasteiger partial charge on any atom is 0.201 e. The van der Waals surface area contributed by atoms with Gasteiger partial charge < -0.3 is 10.6 Å². The molecule has 0 aliphatic rings. The van der Waals surface area contributed by atoms with Gasteiger partial charge in [0.15, 0.2) is 0 Å². The van der Waals surface area contributed by atoms with E-state index in [-0.39, 0.29) is 11.8 Å². The fraction of sp³-hybridized carbons (Fsp3) is 1.00. The molecule has 74 valence electrons. The maximum atomic E-state index is 11.5. The Balaban J connectivity index is 3.95. The molecular weight excluding hydrogens is 173 g/mol. The Kier molecular flexibility index (Phi) is 5.07. The fourth-order valence-electron chi connectivity index (χ4n) is 1.21. The van der Waals surface area contributed by atoms with Gasteiger partial charge >= 0.3 is 0 Å². The Hall–Kier alpha value is 0.150. The number of nitrogens with two attached hydrogens (primary N) is 1. The molecule has 0 spiro atoms. The Morgan fingerprint density at radius 3 is 2.17 bits per heavy atom. The van der Waals surface area contributed by atoms with E-state index in [1.165, 1.54) is 0 Å². The summed E-state index contributed by atoms with van der Waals surface area (Å²) < 4.78 is 11.5. The van der Waals surface area contributed by atoms with Gasteiger partial charge in [-0.25, -0.2) is 0 Å². The van der Waals surface area contributed by atoms with Gasteiger partial charge in [0.05, 0.1) is 0 Å². The molecule has 0 bridgehead atoms. The van der Waals surface area contributed by atoms with E-state index in [9.17, 15) is 9.46 Å². The van der Waals surface area contributed by atoms with Crippen LogP contribution < -0.4 is 5.73 Å². The van der Waals surface area contributed by atoms with Crippen LogP contribution in [0.5, 0.6) is 0 Å². The van der Waals surface area contributed by atoms with Crippen molar-refractivity contribution in [1.29, 1.82) is 0 Å². The first kappa shape index (κ1) is 12.2. The summed E-state index contributed by atoms with van der Waals surface area (Å²) in [4.78, 5) is 9.49. The van der Waals surface area contributed by atoms with Crippen molar-refractivity contribution in [2.45, 2.75) is 20.8 Å². The minimum Gasteiger partial charge on any atom is -0.344 e. The van der Waals surface area contributed by atoms with Gasteiger partial charge in [0.25, 0.3) is 0 Å². The summed E-state index contributed by atoms with van der Waals surface area (Å²) in [7, 11) is -2.90. The summed E-state index contributed by atoms with van der Waals surface area (Å²) in [6, 6.07) is 0. The van der Waals surface area contributed by atoms with Crippen LogP contribution in [0.15, 0.2) is 0 Å². The summed E-state index contributed by atoms with van der Waals surface area (Å²) in [6.45, 7) is 6.30. The first-order valence-electron chi connectivity index (χ1n) is 4.38. The highest BCUT2D eigenvalue weighted by atomic mass is 31.2. The van der Waals surface area contributed by atoms with E-state index in [1.54, 1.807) is 0 Å². The van der Waals surface area contributed by atoms with Crippen LogP contribution in [0.25, 0.3) is 0 Å². The summed E-state index contributed by atoms with van der Waals surface area (Å²) in [5, 5.41) is 0. The molecule has 0 heterocycles. The second-order valence-corrected chi connectivity index (χ2v) is 6.37. The molecule has 0 saturated heterocycles. The molecule has 0 aromatic heterocycles. The predicted molar refractivity (Wildman–Crippen MR) is 52.6 cm³/mol. The van der Waals surface area contributed by atoms with Crippen LogP contribution in [0, 0.1) is 11.8 Å². The Morgan fingerprint density at radius 1 is 1.33 bits per heavy atom. The summed E-state index contributed by atoms with van der Waals surface area (Å²) in [5.41, 5.74) is 5.38. The molecule has 0 saturated carbocycles. The Bertz CT molecular complexity index is 170. The smallest absolute Gasteiger partial charge is 0.201 e. The van der Waals surface area contributed by atoms with Gasteiger partial charge in [-0.2, -0.15) is 0 Å². The quantitative estimate of drug-likeness (QED) is 0.650. The molecular formula is C8H20NO2P. The Morgan fingerprint density at radius 2 is 1.83 bits per heavy atom. The van der Waals surface area contributed by atoms with Crippen LogP contribution in [0.4, 0.5) is 0 Å². The first-order valence-corrected chi connectivity index (χ1v) is 6.41. The third-order valence-electron chi connectivity index (χ3n) is 1.65. The van der Waals surface area contributed by atoms with Crippen LogP contribution >= 0.6 is 7.37 Å². The zero-order valence-corrected chi connectivity index (χ0v) is 9.05. The molecule has 0 rings (SSSR count). The lowest BCUT2D eigenvalue weighted by atomic mass is 10.2. The second kappa shape index (κ2) is 5.00. The standard InChI is InChI=1S/C8H20NO2P/c1-7(2)5-12(10,11)6-8(3)4-9/h7-8H,4-6,9H2,1-3H3,(H,10,11). The van der Waals surface area contributed by atoms with Gasteiger partial charge in [0.1, 0.15) is 0 Å². The molecule has 0 amide bonds. The van der Waals surface area contributed by atoms with E-state index in [0.717, 1.165) is 0 Å². The van der Waals surface area contributed by atoms with E-state index < -0.39 is 7.37 Å². The zero-order chi connectivity index (χ0) is 9.78. The third-order valence-corrected chi connectivity index (χ3v) is 4.14. The van der Waals surface area contributed by atoms with Crippen molar-refractivity contribution < 1.29 is 9.46 Å². The predicted octanol–water partition coefficient (Wildman–Crippen LogP) is 1.51. The van der Waals surface area contributed by atoms with E-state index in [0.29, 0.717) is 18.9 Å². The molecule has 2 unspecified atom stereocenters. The van der Waals surface area contributed by atoms with Gasteiger partial charge in [0.2, 0.25) is 7.37 Å². The van der Waals surface area contributed by atoms with Gasteiger partial charge in [-0.3, -0.25) is 4.57 Å². The van der Waals surface area contributed by atoms with Crippen LogP contribution in [-0.2, 0) is 4.57 Å². The van der Waals surface area contributed by atoms with Crippen molar-refractivity contribution in [2.75, 3.05) is 18.9 Å². The van der Waals surface area contributed by atoms with Crippen LogP contribution in [-0.4, -0.2) is 23.8 Å². The molecule has 0 radical (unpaired) electrons. The minimum atomic E-state index is -2.90. The monoisotopic (exact) mass is 193 g/mol. The van der Waals surface area contributed by atoms with Crippen molar-refractivity contribution in [3.8, 4) is 0 Å². The van der Waals surface area contributed by atoms with Crippen LogP contribution in [0.3, 0.4) is 0 Å². The number of hydrogen-bond donors (Lipinski definition) is 2. The van der Waals surface area contributed by atoms with Gasteiger partial charge in [-0.05, 0) is 18.4 Å². The molecule has 2 atom stereocenters. The molecule has 0 aliphatic carbocycles. The van der Waals surface area contributed by atoms with Gasteiger partial charge in [-0.1, -0.05) is 20.8 Å².